The maximum atomic E-state index is 12.7. The molecule has 1 aliphatic rings. The van der Waals surface area contributed by atoms with E-state index in [1.807, 2.05) is 30.3 Å². The molecule has 0 aromatic heterocycles. The molecule has 0 aliphatic carbocycles. The van der Waals surface area contributed by atoms with Gasteiger partial charge in [-0.15, -0.1) is 0 Å². The summed E-state index contributed by atoms with van der Waals surface area (Å²) in [6, 6.07) is 16.0. The zero-order valence-electron chi connectivity index (χ0n) is 14.7. The number of nitrogens with zero attached hydrogens (tertiary/aromatic N) is 1. The van der Waals surface area contributed by atoms with E-state index >= 15 is 0 Å². The lowest BCUT2D eigenvalue weighted by Gasteiger charge is -2.28. The topological polar surface area (TPSA) is 52.6 Å². The van der Waals surface area contributed by atoms with E-state index < -0.39 is 0 Å². The smallest absolute Gasteiger partial charge is 0.322 e. The number of aliphatic hydroxyl groups excluding tert-OH is 1. The molecule has 0 saturated carbocycles. The average Bonchev–Trinajstić information content (AvgIpc) is 2.87. The van der Waals surface area contributed by atoms with E-state index in [4.69, 9.17) is 0 Å². The van der Waals surface area contributed by atoms with Gasteiger partial charge in [0.2, 0.25) is 0 Å². The molecule has 3 rings (SSSR count). The largest absolute Gasteiger partial charge is 0.394 e. The molecule has 2 aromatic carbocycles. The molecule has 0 bridgehead atoms. The molecular formula is C21H26N2O2. The maximum Gasteiger partial charge on any atom is 0.322 e. The van der Waals surface area contributed by atoms with Crippen LogP contribution in [0.15, 0.2) is 48.5 Å². The van der Waals surface area contributed by atoms with Crippen molar-refractivity contribution in [3.63, 3.8) is 0 Å². The van der Waals surface area contributed by atoms with Crippen molar-refractivity contribution in [2.75, 3.05) is 18.5 Å². The van der Waals surface area contributed by atoms with Crippen LogP contribution < -0.4 is 5.32 Å². The molecule has 0 radical (unpaired) electrons. The number of likely N-dealkylation sites (tertiary alicyclic amines) is 1. The predicted octanol–water partition coefficient (Wildman–Crippen LogP) is 4.43. The molecule has 2 aromatic rings. The number of hydrogen-bond donors (Lipinski definition) is 2. The Balaban J connectivity index is 1.76. The van der Waals surface area contributed by atoms with Crippen LogP contribution in [0, 0.1) is 6.92 Å². The molecule has 1 atom stereocenters. The van der Waals surface area contributed by atoms with Crippen molar-refractivity contribution >= 4 is 11.7 Å². The molecule has 4 heteroatoms. The highest BCUT2D eigenvalue weighted by molar-refractivity contribution is 5.90. The summed E-state index contributed by atoms with van der Waals surface area (Å²) in [5.41, 5.74) is 4.21. The fourth-order valence-electron chi connectivity index (χ4n) is 3.43. The summed E-state index contributed by atoms with van der Waals surface area (Å²) in [5.74, 6) is 0. The molecule has 132 valence electrons. The van der Waals surface area contributed by atoms with Gasteiger partial charge in [0.15, 0.2) is 0 Å². The molecular weight excluding hydrogens is 312 g/mol. The van der Waals surface area contributed by atoms with E-state index in [1.165, 1.54) is 5.56 Å². The van der Waals surface area contributed by atoms with Crippen molar-refractivity contribution in [2.24, 2.45) is 0 Å². The second kappa shape index (κ2) is 8.17. The molecule has 2 amide bonds. The van der Waals surface area contributed by atoms with E-state index in [2.05, 4.69) is 30.4 Å². The van der Waals surface area contributed by atoms with E-state index in [9.17, 15) is 9.90 Å². The third-order valence-corrected chi connectivity index (χ3v) is 4.81. The summed E-state index contributed by atoms with van der Waals surface area (Å²) < 4.78 is 0. The number of amides is 2. The summed E-state index contributed by atoms with van der Waals surface area (Å²) >= 11 is 0. The fraction of sp³-hybridized carbons (Fsp3) is 0.381. The zero-order chi connectivity index (χ0) is 17.6. The van der Waals surface area contributed by atoms with Gasteiger partial charge in [-0.05, 0) is 43.0 Å². The van der Waals surface area contributed by atoms with Gasteiger partial charge >= 0.3 is 6.03 Å². The van der Waals surface area contributed by atoms with E-state index in [1.54, 1.807) is 4.90 Å². The number of rotatable bonds is 3. The predicted molar refractivity (Wildman–Crippen MR) is 102 cm³/mol. The van der Waals surface area contributed by atoms with Gasteiger partial charge in [0.25, 0.3) is 0 Å². The van der Waals surface area contributed by atoms with Crippen LogP contribution in [-0.2, 0) is 0 Å². The van der Waals surface area contributed by atoms with Gasteiger partial charge in [0.05, 0.1) is 12.6 Å². The number of aliphatic hydroxyl groups is 1. The van der Waals surface area contributed by atoms with E-state index in [-0.39, 0.29) is 18.7 Å². The first-order chi connectivity index (χ1) is 12.2. The second-order valence-electron chi connectivity index (χ2n) is 6.76. The zero-order valence-corrected chi connectivity index (χ0v) is 14.7. The third-order valence-electron chi connectivity index (χ3n) is 4.81. The molecule has 2 N–H and O–H groups in total. The molecule has 0 spiro atoms. The van der Waals surface area contributed by atoms with Gasteiger partial charge in [-0.25, -0.2) is 4.79 Å². The maximum absolute atomic E-state index is 12.7. The number of benzene rings is 2. The number of hydrogen-bond acceptors (Lipinski definition) is 2. The molecule has 1 fully saturated rings. The van der Waals surface area contributed by atoms with Crippen LogP contribution in [0.1, 0.15) is 31.2 Å². The van der Waals surface area contributed by atoms with Crippen molar-refractivity contribution in [3.8, 4) is 11.1 Å². The normalized spacial score (nSPS) is 17.8. The van der Waals surface area contributed by atoms with Crippen LogP contribution in [0.3, 0.4) is 0 Å². The van der Waals surface area contributed by atoms with Gasteiger partial charge in [-0.3, -0.25) is 0 Å². The lowest BCUT2D eigenvalue weighted by molar-refractivity contribution is 0.142. The standard InChI is InChI=1S/C21H26N2O2/c1-16-7-5-8-17(13-16)18-9-6-10-19(14-18)22-21(25)23-12-4-2-3-11-20(23)15-24/h5-10,13-14,20,24H,2-4,11-12,15H2,1H3,(H,22,25)/t20-/m0/s1. The van der Waals surface area contributed by atoms with Crippen molar-refractivity contribution in [1.29, 1.82) is 0 Å². The quantitative estimate of drug-likeness (QED) is 0.870. The Morgan fingerprint density at radius 1 is 1.12 bits per heavy atom. The first-order valence-corrected chi connectivity index (χ1v) is 9.03. The summed E-state index contributed by atoms with van der Waals surface area (Å²) in [5, 5.41) is 12.6. The van der Waals surface area contributed by atoms with Crippen LogP contribution in [-0.4, -0.2) is 35.2 Å². The second-order valence-corrected chi connectivity index (χ2v) is 6.76. The number of anilines is 1. The highest BCUT2D eigenvalue weighted by Crippen LogP contribution is 2.24. The Morgan fingerprint density at radius 2 is 1.88 bits per heavy atom. The van der Waals surface area contributed by atoms with Crippen molar-refractivity contribution in [1.82, 2.24) is 4.90 Å². The van der Waals surface area contributed by atoms with Gasteiger partial charge in [-0.1, -0.05) is 54.8 Å². The van der Waals surface area contributed by atoms with Gasteiger partial charge in [0, 0.05) is 12.2 Å². The first-order valence-electron chi connectivity index (χ1n) is 9.03. The summed E-state index contributed by atoms with van der Waals surface area (Å²) in [6.07, 6.45) is 4.04. The van der Waals surface area contributed by atoms with Crippen molar-refractivity contribution < 1.29 is 9.90 Å². The molecule has 1 saturated heterocycles. The molecule has 4 nitrogen and oxygen atoms in total. The van der Waals surface area contributed by atoms with Crippen LogP contribution in [0.2, 0.25) is 0 Å². The molecule has 1 heterocycles. The van der Waals surface area contributed by atoms with Gasteiger partial charge in [-0.2, -0.15) is 0 Å². The highest BCUT2D eigenvalue weighted by Gasteiger charge is 2.24. The SMILES string of the molecule is Cc1cccc(-c2cccc(NC(=O)N3CCCCC[C@H]3CO)c2)c1. The van der Waals surface area contributed by atoms with Crippen LogP contribution >= 0.6 is 0 Å². The van der Waals surface area contributed by atoms with Crippen LogP contribution in [0.4, 0.5) is 10.5 Å². The Kier molecular flexibility index (Phi) is 5.71. The summed E-state index contributed by atoms with van der Waals surface area (Å²) in [6.45, 7) is 2.80. The monoisotopic (exact) mass is 338 g/mol. The summed E-state index contributed by atoms with van der Waals surface area (Å²) in [4.78, 5) is 14.5. The lowest BCUT2D eigenvalue weighted by Crippen LogP contribution is -2.44. The average molecular weight is 338 g/mol. The van der Waals surface area contributed by atoms with E-state index in [0.29, 0.717) is 6.54 Å². The Morgan fingerprint density at radius 3 is 2.64 bits per heavy atom. The van der Waals surface area contributed by atoms with E-state index in [0.717, 1.165) is 42.5 Å². The first kappa shape index (κ1) is 17.5. The van der Waals surface area contributed by atoms with Crippen molar-refractivity contribution in [3.05, 3.63) is 54.1 Å². The number of carbonyl (C=O) groups is 1. The third kappa shape index (κ3) is 4.40. The Bertz CT molecular complexity index is 729. The minimum Gasteiger partial charge on any atom is -0.394 e. The van der Waals surface area contributed by atoms with Crippen molar-refractivity contribution in [2.45, 2.75) is 38.6 Å². The number of nitrogens with one attached hydrogen (secondary N) is 1. The molecule has 1 aliphatic heterocycles. The minimum absolute atomic E-state index is 0.0246. The fourth-order valence-corrected chi connectivity index (χ4v) is 3.43. The van der Waals surface area contributed by atoms with Gasteiger partial charge < -0.3 is 15.3 Å². The Hall–Kier alpha value is -2.33. The molecule has 25 heavy (non-hydrogen) atoms. The lowest BCUT2D eigenvalue weighted by atomic mass is 10.0. The number of urea groups is 1. The van der Waals surface area contributed by atoms with Crippen LogP contribution in [0.25, 0.3) is 11.1 Å². The Labute approximate surface area is 149 Å². The highest BCUT2D eigenvalue weighted by atomic mass is 16.3. The summed E-state index contributed by atoms with van der Waals surface area (Å²) in [7, 11) is 0. The molecule has 0 unspecified atom stereocenters. The number of aryl methyl sites for hydroxylation is 1. The minimum atomic E-state index is -0.123. The number of carbonyl (C=O) groups excluding carboxylic acids is 1. The van der Waals surface area contributed by atoms with Gasteiger partial charge in [0.1, 0.15) is 0 Å². The van der Waals surface area contributed by atoms with Crippen LogP contribution in [0.5, 0.6) is 0 Å².